The lowest BCUT2D eigenvalue weighted by Crippen LogP contribution is -2.48. The summed E-state index contributed by atoms with van der Waals surface area (Å²) in [7, 11) is 0. The molecule has 0 radical (unpaired) electrons. The first-order valence-electron chi connectivity index (χ1n) is 11.7. The van der Waals surface area contributed by atoms with E-state index in [9.17, 15) is 14.7 Å². The van der Waals surface area contributed by atoms with Gasteiger partial charge in [0.05, 0.1) is 16.9 Å². The molecule has 3 aromatic heterocycles. The molecule has 3 aromatic rings. The summed E-state index contributed by atoms with van der Waals surface area (Å²) in [6, 6.07) is 9.61. The summed E-state index contributed by atoms with van der Waals surface area (Å²) in [6.45, 7) is 2.45. The van der Waals surface area contributed by atoms with Crippen molar-refractivity contribution in [2.45, 2.75) is 63.6 Å². The van der Waals surface area contributed by atoms with Crippen molar-refractivity contribution in [2.24, 2.45) is 0 Å². The van der Waals surface area contributed by atoms with Gasteiger partial charge in [0, 0.05) is 30.9 Å². The van der Waals surface area contributed by atoms with Gasteiger partial charge in [-0.3, -0.25) is 14.6 Å². The number of aromatic nitrogens is 3. The van der Waals surface area contributed by atoms with Crippen molar-refractivity contribution in [3.8, 4) is 0 Å². The van der Waals surface area contributed by atoms with Crippen LogP contribution in [0.5, 0.6) is 0 Å². The summed E-state index contributed by atoms with van der Waals surface area (Å²) < 4.78 is 0. The highest BCUT2D eigenvalue weighted by atomic mass is 16.3. The van der Waals surface area contributed by atoms with Crippen molar-refractivity contribution in [1.82, 2.24) is 20.3 Å². The number of carbonyl (C=O) groups is 2. The van der Waals surface area contributed by atoms with Crippen molar-refractivity contribution < 1.29 is 14.7 Å². The fourth-order valence-corrected chi connectivity index (χ4v) is 4.62. The van der Waals surface area contributed by atoms with Crippen LogP contribution in [0.1, 0.15) is 49.1 Å². The molecule has 0 aromatic carbocycles. The highest BCUT2D eigenvalue weighted by molar-refractivity contribution is 6.02. The lowest BCUT2D eigenvalue weighted by atomic mass is 9.81. The first-order valence-corrected chi connectivity index (χ1v) is 11.7. The van der Waals surface area contributed by atoms with E-state index >= 15 is 0 Å². The van der Waals surface area contributed by atoms with Crippen LogP contribution in [-0.2, 0) is 22.6 Å². The van der Waals surface area contributed by atoms with Crippen LogP contribution >= 0.6 is 0 Å². The van der Waals surface area contributed by atoms with Crippen LogP contribution in [0.4, 0.5) is 11.5 Å². The molecule has 1 aliphatic heterocycles. The van der Waals surface area contributed by atoms with E-state index < -0.39 is 11.5 Å². The van der Waals surface area contributed by atoms with Crippen molar-refractivity contribution in [2.75, 3.05) is 10.6 Å². The Bertz CT molecular complexity index is 1250. The number of rotatable bonds is 5. The second kappa shape index (κ2) is 9.08. The Labute approximate surface area is 197 Å². The predicted molar refractivity (Wildman–Crippen MR) is 128 cm³/mol. The molecule has 0 spiro atoms. The van der Waals surface area contributed by atoms with E-state index in [1.165, 1.54) is 0 Å². The zero-order chi connectivity index (χ0) is 23.7. The molecule has 9 nitrogen and oxygen atoms in total. The fraction of sp³-hybridized carbons (Fsp3) is 0.400. The normalized spacial score (nSPS) is 22.2. The number of amides is 2. The van der Waals surface area contributed by atoms with Gasteiger partial charge < -0.3 is 21.1 Å². The maximum absolute atomic E-state index is 13.0. The van der Waals surface area contributed by atoms with E-state index in [0.717, 1.165) is 23.4 Å². The second-order valence-electron chi connectivity index (χ2n) is 9.18. The number of anilines is 2. The monoisotopic (exact) mass is 460 g/mol. The molecule has 176 valence electrons. The summed E-state index contributed by atoms with van der Waals surface area (Å²) >= 11 is 0. The molecule has 0 saturated heterocycles. The Morgan fingerprint density at radius 2 is 1.97 bits per heavy atom. The highest BCUT2D eigenvalue weighted by Gasteiger charge is 2.40. The molecule has 2 amide bonds. The summed E-state index contributed by atoms with van der Waals surface area (Å²) in [5.41, 5.74) is 3.18. The number of carbonyl (C=O) groups excluding carboxylic acids is 2. The van der Waals surface area contributed by atoms with Gasteiger partial charge in [-0.05, 0) is 68.9 Å². The zero-order valence-electron chi connectivity index (χ0n) is 19.1. The van der Waals surface area contributed by atoms with Crippen molar-refractivity contribution in [3.05, 3.63) is 53.5 Å². The third-order valence-corrected chi connectivity index (χ3v) is 6.69. The number of nitrogens with one attached hydrogen (secondary N) is 3. The fourth-order valence-electron chi connectivity index (χ4n) is 4.62. The Kier molecular flexibility index (Phi) is 5.97. The van der Waals surface area contributed by atoms with Crippen molar-refractivity contribution in [3.63, 3.8) is 0 Å². The number of pyridine rings is 3. The summed E-state index contributed by atoms with van der Waals surface area (Å²) in [4.78, 5) is 38.0. The van der Waals surface area contributed by atoms with Crippen LogP contribution in [0.3, 0.4) is 0 Å². The molecule has 4 N–H and O–H groups in total. The molecular formula is C25H28N6O3. The average Bonchev–Trinajstić information content (AvgIpc) is 2.84. The smallest absolute Gasteiger partial charge is 0.256 e. The minimum absolute atomic E-state index is 0.000584. The van der Waals surface area contributed by atoms with Gasteiger partial charge in [-0.2, -0.15) is 0 Å². The number of aliphatic hydroxyl groups is 1. The molecule has 0 atom stereocenters. The molecule has 34 heavy (non-hydrogen) atoms. The van der Waals surface area contributed by atoms with Crippen LogP contribution in [0.2, 0.25) is 0 Å². The SMILES string of the molecule is Cc1ccc2nccc(NC(=O)C3(O)CCC(NCc4ccc5c(n4)NC(=O)CC5)CC3)c2n1. The number of fused-ring (bicyclic) bond motifs is 2. The van der Waals surface area contributed by atoms with Crippen LogP contribution in [0, 0.1) is 6.92 Å². The first kappa shape index (κ1) is 22.4. The minimum Gasteiger partial charge on any atom is -0.380 e. The predicted octanol–water partition coefficient (Wildman–Crippen LogP) is 2.62. The first-order chi connectivity index (χ1) is 16.4. The standard InChI is InChI=1S/C25H28N6O3/c1-15-2-6-19-22(28-15)20(10-13-26-19)30-24(33)25(34)11-8-17(9-12-25)27-14-18-5-3-16-4-7-21(32)31-23(16)29-18/h2-3,5-6,10,13,17,27,34H,4,7-9,11-12,14H2,1H3,(H,26,30,33)(H,29,31,32). The van der Waals surface area contributed by atoms with E-state index in [0.29, 0.717) is 61.2 Å². The van der Waals surface area contributed by atoms with Crippen molar-refractivity contribution in [1.29, 1.82) is 0 Å². The molecule has 1 aliphatic carbocycles. The quantitative estimate of drug-likeness (QED) is 0.461. The van der Waals surface area contributed by atoms with Gasteiger partial charge >= 0.3 is 0 Å². The Morgan fingerprint density at radius 1 is 1.15 bits per heavy atom. The second-order valence-corrected chi connectivity index (χ2v) is 9.18. The van der Waals surface area contributed by atoms with E-state index in [4.69, 9.17) is 0 Å². The molecule has 0 bridgehead atoms. The van der Waals surface area contributed by atoms with Crippen LogP contribution in [0.15, 0.2) is 36.5 Å². The maximum Gasteiger partial charge on any atom is 0.256 e. The number of nitrogens with zero attached hydrogens (tertiary/aromatic N) is 3. The molecular weight excluding hydrogens is 432 g/mol. The summed E-state index contributed by atoms with van der Waals surface area (Å²) in [6.07, 6.45) is 4.90. The van der Waals surface area contributed by atoms with Gasteiger partial charge in [-0.25, -0.2) is 9.97 Å². The maximum atomic E-state index is 13.0. The van der Waals surface area contributed by atoms with Gasteiger partial charge in [0.25, 0.3) is 5.91 Å². The van der Waals surface area contributed by atoms with E-state index in [1.807, 2.05) is 31.2 Å². The Balaban J connectivity index is 1.18. The molecule has 5 rings (SSSR count). The molecule has 4 heterocycles. The molecule has 2 aliphatic rings. The van der Waals surface area contributed by atoms with Crippen molar-refractivity contribution >= 4 is 34.4 Å². The Morgan fingerprint density at radius 3 is 2.79 bits per heavy atom. The number of hydrogen-bond donors (Lipinski definition) is 4. The Hall–Kier alpha value is -3.43. The molecule has 9 heteroatoms. The van der Waals surface area contributed by atoms with Gasteiger partial charge in [0.15, 0.2) is 0 Å². The third kappa shape index (κ3) is 4.62. The van der Waals surface area contributed by atoms with Crippen LogP contribution in [0.25, 0.3) is 11.0 Å². The van der Waals surface area contributed by atoms with Gasteiger partial charge in [0.2, 0.25) is 5.91 Å². The van der Waals surface area contributed by atoms with E-state index in [-0.39, 0.29) is 11.9 Å². The highest BCUT2D eigenvalue weighted by Crippen LogP contribution is 2.31. The average molecular weight is 461 g/mol. The van der Waals surface area contributed by atoms with E-state index in [1.54, 1.807) is 12.3 Å². The molecule has 1 fully saturated rings. The summed E-state index contributed by atoms with van der Waals surface area (Å²) in [5.74, 6) is 0.244. The lowest BCUT2D eigenvalue weighted by Gasteiger charge is -2.35. The minimum atomic E-state index is -1.42. The van der Waals surface area contributed by atoms with Gasteiger partial charge in [-0.15, -0.1) is 0 Å². The van der Waals surface area contributed by atoms with Crippen LogP contribution in [-0.4, -0.2) is 43.5 Å². The molecule has 0 unspecified atom stereocenters. The summed E-state index contributed by atoms with van der Waals surface area (Å²) in [5, 5.41) is 20.2. The van der Waals surface area contributed by atoms with E-state index in [2.05, 4.69) is 30.9 Å². The van der Waals surface area contributed by atoms with Gasteiger partial charge in [-0.1, -0.05) is 6.07 Å². The lowest BCUT2D eigenvalue weighted by molar-refractivity contribution is -0.137. The third-order valence-electron chi connectivity index (χ3n) is 6.69. The van der Waals surface area contributed by atoms with Crippen LogP contribution < -0.4 is 16.0 Å². The zero-order valence-corrected chi connectivity index (χ0v) is 19.1. The number of aryl methyl sites for hydroxylation is 2. The number of hydrogen-bond acceptors (Lipinski definition) is 7. The largest absolute Gasteiger partial charge is 0.380 e. The molecule has 1 saturated carbocycles. The topological polar surface area (TPSA) is 129 Å². The van der Waals surface area contributed by atoms with Gasteiger partial charge in [0.1, 0.15) is 16.9 Å².